The van der Waals surface area contributed by atoms with Crippen molar-refractivity contribution in [2.24, 2.45) is 11.8 Å². The molecule has 4 aliphatic rings. The molecule has 0 radical (unpaired) electrons. The van der Waals surface area contributed by atoms with Crippen molar-refractivity contribution < 1.29 is 9.72 Å². The maximum absolute atomic E-state index is 11.8. The number of rotatable bonds is 3. The van der Waals surface area contributed by atoms with E-state index in [2.05, 4.69) is 46.7 Å². The third kappa shape index (κ3) is 2.82. The van der Waals surface area contributed by atoms with Gasteiger partial charge in [0.15, 0.2) is 0 Å². The number of non-ortho nitro benzene ring substituents is 1. The second-order valence-electron chi connectivity index (χ2n) is 9.44. The molecule has 2 heterocycles. The van der Waals surface area contributed by atoms with E-state index in [0.29, 0.717) is 17.8 Å². The standard InChI is InChI=1S/C26H25N3O3/c1-15(30)27-18-12-23-20-8-3-6-17(20)14-28-25(16-5-2-7-19(11-16)29(31)32)22-10-4-9-21(22)24(13-18)26(23)28/h2-5,7-9,11-13,17,20-22,25H,6,10,14H2,1H3,(H,27,30)/t17-,20+,21+,22-,25-/m0/s1. The van der Waals surface area contributed by atoms with Crippen LogP contribution < -0.4 is 10.2 Å². The Kier molecular flexibility index (Phi) is 4.25. The van der Waals surface area contributed by atoms with Crippen LogP contribution in [0.25, 0.3) is 0 Å². The quantitative estimate of drug-likeness (QED) is 0.402. The number of anilines is 2. The van der Waals surface area contributed by atoms with E-state index in [-0.39, 0.29) is 28.5 Å². The van der Waals surface area contributed by atoms with Gasteiger partial charge in [0.1, 0.15) is 0 Å². The lowest BCUT2D eigenvalue weighted by Gasteiger charge is -2.51. The van der Waals surface area contributed by atoms with Crippen molar-refractivity contribution in [1.29, 1.82) is 0 Å². The van der Waals surface area contributed by atoms with Gasteiger partial charge < -0.3 is 10.2 Å². The monoisotopic (exact) mass is 427 g/mol. The summed E-state index contributed by atoms with van der Waals surface area (Å²) in [7, 11) is 0. The summed E-state index contributed by atoms with van der Waals surface area (Å²) in [5, 5.41) is 14.5. The maximum atomic E-state index is 11.8. The Morgan fingerprint density at radius 3 is 2.62 bits per heavy atom. The van der Waals surface area contributed by atoms with Crippen LogP contribution in [-0.2, 0) is 4.79 Å². The summed E-state index contributed by atoms with van der Waals surface area (Å²) in [6.45, 7) is 2.49. The van der Waals surface area contributed by atoms with Crippen molar-refractivity contribution in [3.63, 3.8) is 0 Å². The predicted octanol–water partition coefficient (Wildman–Crippen LogP) is 5.45. The number of hydrogen-bond donors (Lipinski definition) is 1. The van der Waals surface area contributed by atoms with Crippen molar-refractivity contribution in [2.45, 2.75) is 37.6 Å². The van der Waals surface area contributed by atoms with Gasteiger partial charge in [-0.2, -0.15) is 0 Å². The Bertz CT molecular complexity index is 1180. The molecule has 2 aromatic carbocycles. The van der Waals surface area contributed by atoms with E-state index in [4.69, 9.17) is 0 Å². The number of nitrogens with one attached hydrogen (secondary N) is 1. The molecule has 1 amide bonds. The summed E-state index contributed by atoms with van der Waals surface area (Å²) in [5.41, 5.74) is 5.83. The highest BCUT2D eigenvalue weighted by Crippen LogP contribution is 2.59. The van der Waals surface area contributed by atoms with Gasteiger partial charge in [-0.05, 0) is 53.5 Å². The highest BCUT2D eigenvalue weighted by molar-refractivity contribution is 5.90. The summed E-state index contributed by atoms with van der Waals surface area (Å²) in [6.07, 6.45) is 11.1. The average molecular weight is 428 g/mol. The van der Waals surface area contributed by atoms with E-state index in [9.17, 15) is 14.9 Å². The molecule has 0 saturated heterocycles. The lowest BCUT2D eigenvalue weighted by Crippen LogP contribution is -2.46. The van der Waals surface area contributed by atoms with Crippen molar-refractivity contribution in [1.82, 2.24) is 0 Å². The van der Waals surface area contributed by atoms with Crippen molar-refractivity contribution in [3.8, 4) is 0 Å². The van der Waals surface area contributed by atoms with E-state index >= 15 is 0 Å². The Morgan fingerprint density at radius 1 is 1.09 bits per heavy atom. The predicted molar refractivity (Wildman–Crippen MR) is 124 cm³/mol. The molecule has 6 rings (SSSR count). The van der Waals surface area contributed by atoms with Crippen LogP contribution in [0.5, 0.6) is 0 Å². The topological polar surface area (TPSA) is 75.5 Å². The van der Waals surface area contributed by atoms with Crippen molar-refractivity contribution >= 4 is 23.0 Å². The lowest BCUT2D eigenvalue weighted by molar-refractivity contribution is -0.384. The first-order valence-corrected chi connectivity index (χ1v) is 11.3. The fourth-order valence-corrected chi connectivity index (χ4v) is 6.45. The second kappa shape index (κ2) is 7.05. The molecule has 162 valence electrons. The van der Waals surface area contributed by atoms with Gasteiger partial charge in [0, 0.05) is 48.8 Å². The molecule has 6 heteroatoms. The fraction of sp³-hybridized carbons (Fsp3) is 0.346. The number of nitrogens with zero attached hydrogens (tertiary/aromatic N) is 2. The van der Waals surface area contributed by atoms with Gasteiger partial charge in [-0.25, -0.2) is 0 Å². The molecule has 0 bridgehead atoms. The number of benzene rings is 2. The number of allylic oxidation sites excluding steroid dienone is 4. The van der Waals surface area contributed by atoms with E-state index in [1.165, 1.54) is 16.8 Å². The third-order valence-electron chi connectivity index (χ3n) is 7.59. The smallest absolute Gasteiger partial charge is 0.269 e. The molecule has 32 heavy (non-hydrogen) atoms. The van der Waals surface area contributed by atoms with Gasteiger partial charge in [0.25, 0.3) is 5.69 Å². The van der Waals surface area contributed by atoms with Crippen LogP contribution in [0, 0.1) is 22.0 Å². The lowest BCUT2D eigenvalue weighted by atomic mass is 9.70. The zero-order valence-corrected chi connectivity index (χ0v) is 17.9. The van der Waals surface area contributed by atoms with Crippen molar-refractivity contribution in [3.05, 3.63) is 87.5 Å². The Balaban J connectivity index is 1.56. The minimum atomic E-state index is -0.303. The van der Waals surface area contributed by atoms with Crippen LogP contribution in [0.4, 0.5) is 17.1 Å². The Morgan fingerprint density at radius 2 is 1.84 bits per heavy atom. The number of nitro benzene ring substituents is 1. The number of amides is 1. The first-order chi connectivity index (χ1) is 15.5. The van der Waals surface area contributed by atoms with Gasteiger partial charge >= 0.3 is 0 Å². The largest absolute Gasteiger partial charge is 0.363 e. The number of nitro groups is 1. The zero-order valence-electron chi connectivity index (χ0n) is 17.9. The average Bonchev–Trinajstić information content (AvgIpc) is 3.43. The normalized spacial score (nSPS) is 28.8. The molecule has 0 aromatic heterocycles. The number of hydrogen-bond acceptors (Lipinski definition) is 4. The molecule has 0 fully saturated rings. The first kappa shape index (κ1) is 19.3. The van der Waals surface area contributed by atoms with Crippen LogP contribution in [0.2, 0.25) is 0 Å². The molecule has 2 aliphatic carbocycles. The van der Waals surface area contributed by atoms with Gasteiger partial charge in [-0.1, -0.05) is 36.4 Å². The summed E-state index contributed by atoms with van der Waals surface area (Å²) in [5.74, 6) is 1.32. The molecular formula is C26H25N3O3. The highest BCUT2D eigenvalue weighted by atomic mass is 16.6. The van der Waals surface area contributed by atoms with Crippen LogP contribution in [0.15, 0.2) is 60.7 Å². The molecule has 2 aliphatic heterocycles. The molecule has 0 spiro atoms. The van der Waals surface area contributed by atoms with E-state index in [0.717, 1.165) is 30.6 Å². The van der Waals surface area contributed by atoms with E-state index < -0.39 is 0 Å². The molecule has 1 N–H and O–H groups in total. The molecule has 6 nitrogen and oxygen atoms in total. The summed E-state index contributed by atoms with van der Waals surface area (Å²) >= 11 is 0. The summed E-state index contributed by atoms with van der Waals surface area (Å²) < 4.78 is 0. The van der Waals surface area contributed by atoms with Gasteiger partial charge in [-0.3, -0.25) is 14.9 Å². The number of fused-ring (bicyclic) bond motifs is 4. The zero-order chi connectivity index (χ0) is 22.0. The highest BCUT2D eigenvalue weighted by Gasteiger charge is 2.48. The minimum Gasteiger partial charge on any atom is -0.363 e. The van der Waals surface area contributed by atoms with Gasteiger partial charge in [-0.15, -0.1) is 0 Å². The number of carbonyl (C=O) groups excluding carboxylic acids is 1. The molecule has 0 saturated carbocycles. The first-order valence-electron chi connectivity index (χ1n) is 11.3. The summed E-state index contributed by atoms with van der Waals surface area (Å²) in [4.78, 5) is 25.5. The third-order valence-corrected chi connectivity index (χ3v) is 7.59. The van der Waals surface area contributed by atoms with Gasteiger partial charge in [0.2, 0.25) is 5.91 Å². The van der Waals surface area contributed by atoms with Crippen LogP contribution in [-0.4, -0.2) is 17.4 Å². The second-order valence-corrected chi connectivity index (χ2v) is 9.44. The van der Waals surface area contributed by atoms with E-state index in [1.54, 1.807) is 19.1 Å². The van der Waals surface area contributed by atoms with E-state index in [1.807, 2.05) is 12.1 Å². The molecule has 5 atom stereocenters. The molecule has 0 unspecified atom stereocenters. The minimum absolute atomic E-state index is 0.0628. The number of carbonyl (C=O) groups is 1. The Labute approximate surface area is 186 Å². The Hall–Kier alpha value is -3.41. The summed E-state index contributed by atoms with van der Waals surface area (Å²) in [6, 6.07) is 11.6. The maximum Gasteiger partial charge on any atom is 0.269 e. The SMILES string of the molecule is CC(=O)Nc1cc2c3c(c1)[C@@H]1C=CC[C@@H]1[C@H](c1cccc([N+](=O)[O-])c1)N3C[C@@H]1CC=C[C@@H]21. The van der Waals surface area contributed by atoms with Crippen LogP contribution >= 0.6 is 0 Å². The van der Waals surface area contributed by atoms with Crippen LogP contribution in [0.3, 0.4) is 0 Å². The van der Waals surface area contributed by atoms with Crippen molar-refractivity contribution in [2.75, 3.05) is 16.8 Å². The molecular weight excluding hydrogens is 402 g/mol. The van der Waals surface area contributed by atoms with Crippen LogP contribution in [0.1, 0.15) is 54.3 Å². The fourth-order valence-electron chi connectivity index (χ4n) is 6.45. The van der Waals surface area contributed by atoms with Gasteiger partial charge in [0.05, 0.1) is 11.0 Å². The molecule has 2 aromatic rings.